The second-order valence-electron chi connectivity index (χ2n) is 7.30. The van der Waals surface area contributed by atoms with Crippen LogP contribution in [-0.2, 0) is 14.3 Å². The number of esters is 1. The predicted octanol–water partition coefficient (Wildman–Crippen LogP) is 3.58. The quantitative estimate of drug-likeness (QED) is 0.333. The Labute approximate surface area is 197 Å². The molecule has 0 saturated heterocycles. The van der Waals surface area contributed by atoms with E-state index in [1.54, 1.807) is 42.5 Å². The summed E-state index contributed by atoms with van der Waals surface area (Å²) in [7, 11) is 0. The molecular formula is C23H27NO8S. The molecule has 0 saturated carbocycles. The van der Waals surface area contributed by atoms with Gasteiger partial charge >= 0.3 is 12.1 Å². The van der Waals surface area contributed by atoms with Crippen LogP contribution in [0.1, 0.15) is 25.0 Å². The molecule has 0 aliphatic carbocycles. The van der Waals surface area contributed by atoms with Crippen molar-refractivity contribution in [2.24, 2.45) is 5.92 Å². The number of carbonyl (C=O) groups is 2. The molecule has 2 aromatic carbocycles. The standard InChI is InChI=1S/C23H27NO8S/c1-15(8-10-29-21(26)13-33)22(16-2-5-18(6-3-16)28-11-9-25)32-23(27)24-17-4-7-19-20(12-17)31-14-30-19/h2-7,12,15,22,25,33H,8-11,13-14H2,1H3,(H,24,27)/t15-,22+/m1/s1. The second kappa shape index (κ2) is 12.2. The highest BCUT2D eigenvalue weighted by Gasteiger charge is 2.25. The van der Waals surface area contributed by atoms with E-state index in [4.69, 9.17) is 28.8 Å². The van der Waals surface area contributed by atoms with Gasteiger partial charge in [0.05, 0.1) is 19.0 Å². The second-order valence-corrected chi connectivity index (χ2v) is 7.62. The Morgan fingerprint density at radius 1 is 1.12 bits per heavy atom. The van der Waals surface area contributed by atoms with E-state index in [2.05, 4.69) is 17.9 Å². The summed E-state index contributed by atoms with van der Waals surface area (Å²) in [5.74, 6) is 1.17. The molecule has 0 radical (unpaired) electrons. The van der Waals surface area contributed by atoms with Crippen LogP contribution in [0, 0.1) is 5.92 Å². The molecule has 0 aromatic heterocycles. The lowest BCUT2D eigenvalue weighted by Gasteiger charge is -2.25. The van der Waals surface area contributed by atoms with Crippen LogP contribution in [0.2, 0.25) is 0 Å². The van der Waals surface area contributed by atoms with Crippen molar-refractivity contribution in [1.29, 1.82) is 0 Å². The summed E-state index contributed by atoms with van der Waals surface area (Å²) >= 11 is 3.89. The third-order valence-corrected chi connectivity index (χ3v) is 5.16. The number of amides is 1. The first kappa shape index (κ1) is 24.5. The minimum Gasteiger partial charge on any atom is -0.491 e. The van der Waals surface area contributed by atoms with Gasteiger partial charge in [-0.2, -0.15) is 12.6 Å². The number of aliphatic hydroxyl groups is 1. The number of hydrogen-bond donors (Lipinski definition) is 3. The maximum Gasteiger partial charge on any atom is 0.412 e. The van der Waals surface area contributed by atoms with Crippen LogP contribution in [0.25, 0.3) is 0 Å². The summed E-state index contributed by atoms with van der Waals surface area (Å²) in [6.07, 6.45) is -0.774. The zero-order chi connectivity index (χ0) is 23.6. The predicted molar refractivity (Wildman–Crippen MR) is 123 cm³/mol. The zero-order valence-electron chi connectivity index (χ0n) is 18.2. The van der Waals surface area contributed by atoms with Gasteiger partial charge in [-0.1, -0.05) is 19.1 Å². The molecule has 33 heavy (non-hydrogen) atoms. The van der Waals surface area contributed by atoms with Crippen molar-refractivity contribution in [1.82, 2.24) is 0 Å². The number of hydrogen-bond acceptors (Lipinski definition) is 9. The number of thiol groups is 1. The lowest BCUT2D eigenvalue weighted by Crippen LogP contribution is -2.23. The molecule has 3 rings (SSSR count). The van der Waals surface area contributed by atoms with Crippen LogP contribution in [0.5, 0.6) is 17.2 Å². The van der Waals surface area contributed by atoms with Crippen molar-refractivity contribution in [3.8, 4) is 17.2 Å². The summed E-state index contributed by atoms with van der Waals surface area (Å²) in [5, 5.41) is 11.6. The fraction of sp³-hybridized carbons (Fsp3) is 0.391. The Morgan fingerprint density at radius 3 is 2.61 bits per heavy atom. The molecule has 2 N–H and O–H groups in total. The highest BCUT2D eigenvalue weighted by Crippen LogP contribution is 2.35. The van der Waals surface area contributed by atoms with E-state index in [0.29, 0.717) is 29.4 Å². The monoisotopic (exact) mass is 477 g/mol. The van der Waals surface area contributed by atoms with E-state index in [1.165, 1.54) is 0 Å². The Hall–Kier alpha value is -3.11. The molecule has 10 heteroatoms. The highest BCUT2D eigenvalue weighted by atomic mass is 32.1. The molecule has 9 nitrogen and oxygen atoms in total. The zero-order valence-corrected chi connectivity index (χ0v) is 19.1. The van der Waals surface area contributed by atoms with Crippen LogP contribution < -0.4 is 19.5 Å². The Balaban J connectivity index is 1.68. The highest BCUT2D eigenvalue weighted by molar-refractivity contribution is 7.81. The molecule has 2 aromatic rings. The minimum atomic E-state index is -0.640. The van der Waals surface area contributed by atoms with Gasteiger partial charge in [0.2, 0.25) is 6.79 Å². The number of aliphatic hydroxyl groups excluding tert-OH is 1. The fourth-order valence-corrected chi connectivity index (χ4v) is 3.31. The lowest BCUT2D eigenvalue weighted by molar-refractivity contribution is -0.141. The van der Waals surface area contributed by atoms with Crippen molar-refractivity contribution >= 4 is 30.4 Å². The molecule has 1 amide bonds. The van der Waals surface area contributed by atoms with Gasteiger partial charge in [-0.15, -0.1) is 0 Å². The van der Waals surface area contributed by atoms with Crippen molar-refractivity contribution in [3.05, 3.63) is 48.0 Å². The summed E-state index contributed by atoms with van der Waals surface area (Å²) < 4.78 is 26.9. The molecule has 0 bridgehead atoms. The number of nitrogens with one attached hydrogen (secondary N) is 1. The van der Waals surface area contributed by atoms with Gasteiger partial charge in [-0.05, 0) is 36.2 Å². The van der Waals surface area contributed by atoms with Gasteiger partial charge in [0.15, 0.2) is 11.5 Å². The van der Waals surface area contributed by atoms with Crippen LogP contribution >= 0.6 is 12.6 Å². The maximum atomic E-state index is 12.7. The Kier molecular flexibility index (Phi) is 9.08. The summed E-state index contributed by atoms with van der Waals surface area (Å²) in [4.78, 5) is 24.1. The van der Waals surface area contributed by atoms with Gasteiger partial charge < -0.3 is 28.8 Å². The van der Waals surface area contributed by atoms with E-state index in [-0.39, 0.29) is 38.3 Å². The average molecular weight is 478 g/mol. The van der Waals surface area contributed by atoms with Crippen molar-refractivity contribution < 1.29 is 38.4 Å². The minimum absolute atomic E-state index is 0.00154. The van der Waals surface area contributed by atoms with E-state index in [1.807, 2.05) is 6.92 Å². The molecule has 0 unspecified atom stereocenters. The van der Waals surface area contributed by atoms with Crippen molar-refractivity contribution in [2.75, 3.05) is 37.7 Å². The summed E-state index contributed by atoms with van der Waals surface area (Å²) in [5.41, 5.74) is 1.26. The summed E-state index contributed by atoms with van der Waals surface area (Å²) in [6.45, 7) is 2.32. The molecular weight excluding hydrogens is 450 g/mol. The lowest BCUT2D eigenvalue weighted by atomic mass is 9.94. The van der Waals surface area contributed by atoms with Crippen LogP contribution in [0.15, 0.2) is 42.5 Å². The van der Waals surface area contributed by atoms with E-state index in [9.17, 15) is 9.59 Å². The maximum absolute atomic E-state index is 12.7. The van der Waals surface area contributed by atoms with Crippen molar-refractivity contribution in [2.45, 2.75) is 19.4 Å². The first-order valence-corrected chi connectivity index (χ1v) is 11.1. The fourth-order valence-electron chi connectivity index (χ4n) is 3.22. The first-order chi connectivity index (χ1) is 16.0. The summed E-state index contributed by atoms with van der Waals surface area (Å²) in [6, 6.07) is 12.1. The number of carbonyl (C=O) groups excluding carboxylic acids is 2. The molecule has 1 heterocycles. The van der Waals surface area contributed by atoms with E-state index < -0.39 is 18.2 Å². The topological polar surface area (TPSA) is 113 Å². The Bertz CT molecular complexity index is 937. The van der Waals surface area contributed by atoms with Gasteiger partial charge in [0, 0.05) is 17.7 Å². The number of benzene rings is 2. The molecule has 1 aliphatic heterocycles. The number of anilines is 1. The average Bonchev–Trinajstić information content (AvgIpc) is 3.29. The molecule has 1 aliphatic rings. The molecule has 178 valence electrons. The van der Waals surface area contributed by atoms with E-state index >= 15 is 0 Å². The normalized spacial score (nSPS) is 13.7. The smallest absolute Gasteiger partial charge is 0.412 e. The van der Waals surface area contributed by atoms with Gasteiger partial charge in [0.25, 0.3) is 0 Å². The van der Waals surface area contributed by atoms with E-state index in [0.717, 1.165) is 5.56 Å². The van der Waals surface area contributed by atoms with Gasteiger partial charge in [-0.3, -0.25) is 10.1 Å². The SMILES string of the molecule is C[C@H](CCOC(=O)CS)[C@H](OC(=O)Nc1ccc2c(c1)OCO2)c1ccc(OCCO)cc1. The molecule has 0 fully saturated rings. The number of rotatable bonds is 11. The van der Waals surface area contributed by atoms with Crippen molar-refractivity contribution in [3.63, 3.8) is 0 Å². The third kappa shape index (κ3) is 7.19. The van der Waals surface area contributed by atoms with Gasteiger partial charge in [0.1, 0.15) is 18.5 Å². The third-order valence-electron chi connectivity index (χ3n) is 4.90. The number of fused-ring (bicyclic) bond motifs is 1. The molecule has 2 atom stereocenters. The number of ether oxygens (including phenoxy) is 5. The van der Waals surface area contributed by atoms with Crippen LogP contribution in [-0.4, -0.2) is 49.5 Å². The Morgan fingerprint density at radius 2 is 1.88 bits per heavy atom. The van der Waals surface area contributed by atoms with Gasteiger partial charge in [-0.25, -0.2) is 4.79 Å². The molecule has 0 spiro atoms. The first-order valence-electron chi connectivity index (χ1n) is 10.5. The largest absolute Gasteiger partial charge is 0.491 e. The van der Waals surface area contributed by atoms with Crippen LogP contribution in [0.3, 0.4) is 0 Å². The van der Waals surface area contributed by atoms with Crippen LogP contribution in [0.4, 0.5) is 10.5 Å².